The van der Waals surface area contributed by atoms with E-state index in [4.69, 9.17) is 4.74 Å². The first-order valence-corrected chi connectivity index (χ1v) is 6.72. The molecule has 0 atom stereocenters. The maximum Gasteiger partial charge on any atom is 0.254 e. The first kappa shape index (κ1) is 13.4. The van der Waals surface area contributed by atoms with E-state index in [1.165, 1.54) is 0 Å². The van der Waals surface area contributed by atoms with Gasteiger partial charge < -0.3 is 14.5 Å². The average molecular weight is 313 g/mol. The van der Waals surface area contributed by atoms with Crippen molar-refractivity contribution < 1.29 is 9.53 Å². The van der Waals surface area contributed by atoms with Crippen molar-refractivity contribution >= 4 is 21.8 Å². The van der Waals surface area contributed by atoms with Crippen LogP contribution in [0.3, 0.4) is 0 Å². The van der Waals surface area contributed by atoms with Crippen molar-refractivity contribution in [3.05, 3.63) is 28.2 Å². The number of hydrogen-bond acceptors (Lipinski definition) is 3. The van der Waals surface area contributed by atoms with E-state index in [9.17, 15) is 4.79 Å². The van der Waals surface area contributed by atoms with Crippen molar-refractivity contribution in [3.63, 3.8) is 0 Å². The molecular formula is C13H17BrN2O2. The Bertz CT molecular complexity index is 443. The number of rotatable bonds is 2. The van der Waals surface area contributed by atoms with Gasteiger partial charge in [-0.2, -0.15) is 0 Å². The summed E-state index contributed by atoms with van der Waals surface area (Å²) < 4.78 is 6.08. The molecule has 0 saturated carbocycles. The SMILES string of the molecule is COc1cc(C(=O)N2CCN(C)CC2)ccc1Br. The maximum absolute atomic E-state index is 12.3. The zero-order chi connectivity index (χ0) is 13.1. The molecule has 0 aliphatic carbocycles. The second kappa shape index (κ2) is 5.71. The highest BCUT2D eigenvalue weighted by atomic mass is 79.9. The molecule has 1 heterocycles. The van der Waals surface area contributed by atoms with Crippen molar-refractivity contribution in [3.8, 4) is 5.75 Å². The highest BCUT2D eigenvalue weighted by Crippen LogP contribution is 2.26. The lowest BCUT2D eigenvalue weighted by molar-refractivity contribution is 0.0663. The lowest BCUT2D eigenvalue weighted by Gasteiger charge is -2.32. The molecule has 98 valence electrons. The van der Waals surface area contributed by atoms with Crippen LogP contribution in [0.2, 0.25) is 0 Å². The third kappa shape index (κ3) is 2.84. The lowest BCUT2D eigenvalue weighted by Crippen LogP contribution is -2.47. The number of halogens is 1. The van der Waals surface area contributed by atoms with E-state index < -0.39 is 0 Å². The number of methoxy groups -OCH3 is 1. The van der Waals surface area contributed by atoms with E-state index in [0.717, 1.165) is 30.7 Å². The summed E-state index contributed by atoms with van der Waals surface area (Å²) in [5.74, 6) is 0.767. The molecule has 1 aromatic carbocycles. The summed E-state index contributed by atoms with van der Waals surface area (Å²) in [6.45, 7) is 3.43. The summed E-state index contributed by atoms with van der Waals surface area (Å²) in [5.41, 5.74) is 0.680. The van der Waals surface area contributed by atoms with Crippen molar-refractivity contribution in [1.29, 1.82) is 0 Å². The number of benzene rings is 1. The Kier molecular flexibility index (Phi) is 4.24. The van der Waals surface area contributed by atoms with Gasteiger partial charge in [0.05, 0.1) is 11.6 Å². The van der Waals surface area contributed by atoms with Crippen molar-refractivity contribution in [2.24, 2.45) is 0 Å². The van der Waals surface area contributed by atoms with Gasteiger partial charge in [0.15, 0.2) is 0 Å². The van der Waals surface area contributed by atoms with Gasteiger partial charge >= 0.3 is 0 Å². The van der Waals surface area contributed by atoms with Crippen molar-refractivity contribution in [1.82, 2.24) is 9.80 Å². The van der Waals surface area contributed by atoms with E-state index in [1.807, 2.05) is 17.0 Å². The van der Waals surface area contributed by atoms with E-state index in [-0.39, 0.29) is 5.91 Å². The number of hydrogen-bond donors (Lipinski definition) is 0. The topological polar surface area (TPSA) is 32.8 Å². The Balaban J connectivity index is 2.13. The molecule has 1 fully saturated rings. The molecule has 4 nitrogen and oxygen atoms in total. The van der Waals surface area contributed by atoms with Gasteiger partial charge in [-0.25, -0.2) is 0 Å². The molecule has 0 N–H and O–H groups in total. The van der Waals surface area contributed by atoms with Crippen LogP contribution in [0.4, 0.5) is 0 Å². The maximum atomic E-state index is 12.3. The van der Waals surface area contributed by atoms with Crippen molar-refractivity contribution in [2.45, 2.75) is 0 Å². The highest BCUT2D eigenvalue weighted by Gasteiger charge is 2.20. The molecule has 5 heteroatoms. The van der Waals surface area contributed by atoms with E-state index in [0.29, 0.717) is 11.3 Å². The summed E-state index contributed by atoms with van der Waals surface area (Å²) in [7, 11) is 3.68. The van der Waals surface area contributed by atoms with Crippen molar-refractivity contribution in [2.75, 3.05) is 40.3 Å². The molecule has 2 rings (SSSR count). The Hall–Kier alpha value is -1.07. The molecular weight excluding hydrogens is 296 g/mol. The summed E-state index contributed by atoms with van der Waals surface area (Å²) >= 11 is 3.39. The number of piperazine rings is 1. The van der Waals surface area contributed by atoms with Gasteiger partial charge in [-0.1, -0.05) is 0 Å². The van der Waals surface area contributed by atoms with Gasteiger partial charge in [0.1, 0.15) is 5.75 Å². The second-order valence-electron chi connectivity index (χ2n) is 4.44. The van der Waals surface area contributed by atoms with Crippen LogP contribution in [-0.2, 0) is 0 Å². The van der Waals surface area contributed by atoms with Gasteiger partial charge in [0.25, 0.3) is 5.91 Å². The Morgan fingerprint density at radius 1 is 1.28 bits per heavy atom. The Labute approximate surface area is 116 Å². The zero-order valence-corrected chi connectivity index (χ0v) is 12.2. The Morgan fingerprint density at radius 3 is 2.56 bits per heavy atom. The molecule has 0 radical (unpaired) electrons. The minimum absolute atomic E-state index is 0.0777. The molecule has 0 bridgehead atoms. The molecule has 1 aromatic rings. The predicted octanol–water partition coefficient (Wildman–Crippen LogP) is 1.85. The summed E-state index contributed by atoms with van der Waals surface area (Å²) in [4.78, 5) is 16.4. The molecule has 1 amide bonds. The monoisotopic (exact) mass is 312 g/mol. The number of likely N-dealkylation sites (N-methyl/N-ethyl adjacent to an activating group) is 1. The van der Waals surface area contributed by atoms with E-state index >= 15 is 0 Å². The van der Waals surface area contributed by atoms with Crippen LogP contribution in [0, 0.1) is 0 Å². The number of ether oxygens (including phenoxy) is 1. The van der Waals surface area contributed by atoms with Gasteiger partial charge in [-0.15, -0.1) is 0 Å². The van der Waals surface area contributed by atoms with Crippen LogP contribution in [-0.4, -0.2) is 56.0 Å². The van der Waals surface area contributed by atoms with Crippen LogP contribution in [0.1, 0.15) is 10.4 Å². The summed E-state index contributed by atoms with van der Waals surface area (Å²) in [6.07, 6.45) is 0. The first-order chi connectivity index (χ1) is 8.61. The number of carbonyl (C=O) groups is 1. The van der Waals surface area contributed by atoms with Crippen LogP contribution < -0.4 is 4.74 Å². The number of amides is 1. The predicted molar refractivity (Wildman–Crippen MR) is 74.1 cm³/mol. The van der Waals surface area contributed by atoms with Crippen LogP contribution >= 0.6 is 15.9 Å². The van der Waals surface area contributed by atoms with Crippen LogP contribution in [0.5, 0.6) is 5.75 Å². The molecule has 1 aliphatic heterocycles. The average Bonchev–Trinajstić information content (AvgIpc) is 2.39. The fraction of sp³-hybridized carbons (Fsp3) is 0.462. The third-order valence-electron chi connectivity index (χ3n) is 3.19. The number of nitrogens with zero attached hydrogens (tertiary/aromatic N) is 2. The van der Waals surface area contributed by atoms with Gasteiger partial charge in [0.2, 0.25) is 0 Å². The largest absolute Gasteiger partial charge is 0.496 e. The van der Waals surface area contributed by atoms with Crippen LogP contribution in [0.15, 0.2) is 22.7 Å². The molecule has 0 aromatic heterocycles. The molecule has 1 saturated heterocycles. The molecule has 1 aliphatic rings. The molecule has 18 heavy (non-hydrogen) atoms. The standard InChI is InChI=1S/C13H17BrN2O2/c1-15-5-7-16(8-6-15)13(17)10-3-4-11(14)12(9-10)18-2/h3-4,9H,5-8H2,1-2H3. The van der Waals surface area contributed by atoms with Gasteiger partial charge in [-0.05, 0) is 41.2 Å². The van der Waals surface area contributed by atoms with Crippen LogP contribution in [0.25, 0.3) is 0 Å². The smallest absolute Gasteiger partial charge is 0.254 e. The zero-order valence-electron chi connectivity index (χ0n) is 10.6. The summed E-state index contributed by atoms with van der Waals surface area (Å²) in [5, 5.41) is 0. The second-order valence-corrected chi connectivity index (χ2v) is 5.30. The summed E-state index contributed by atoms with van der Waals surface area (Å²) in [6, 6.07) is 5.46. The number of carbonyl (C=O) groups excluding carboxylic acids is 1. The quantitative estimate of drug-likeness (QED) is 0.835. The fourth-order valence-corrected chi connectivity index (χ4v) is 2.39. The fourth-order valence-electron chi connectivity index (χ4n) is 1.98. The minimum atomic E-state index is 0.0777. The lowest BCUT2D eigenvalue weighted by atomic mass is 10.1. The van der Waals surface area contributed by atoms with Gasteiger partial charge in [0, 0.05) is 31.7 Å². The van der Waals surface area contributed by atoms with E-state index in [1.54, 1.807) is 13.2 Å². The highest BCUT2D eigenvalue weighted by molar-refractivity contribution is 9.10. The Morgan fingerprint density at radius 2 is 1.94 bits per heavy atom. The third-order valence-corrected chi connectivity index (χ3v) is 3.84. The van der Waals surface area contributed by atoms with Gasteiger partial charge in [-0.3, -0.25) is 4.79 Å². The first-order valence-electron chi connectivity index (χ1n) is 5.93. The molecule has 0 spiro atoms. The molecule has 0 unspecified atom stereocenters. The van der Waals surface area contributed by atoms with E-state index in [2.05, 4.69) is 27.9 Å². The minimum Gasteiger partial charge on any atom is -0.496 e. The normalized spacial score (nSPS) is 16.7.